The van der Waals surface area contributed by atoms with E-state index in [9.17, 15) is 0 Å². The number of hydrogen-bond donors (Lipinski definition) is 0. The van der Waals surface area contributed by atoms with Gasteiger partial charge in [0, 0.05) is 0 Å². The molecule has 2 heteroatoms. The van der Waals surface area contributed by atoms with Crippen molar-refractivity contribution in [3.8, 4) is 11.1 Å². The first-order valence-corrected chi connectivity index (χ1v) is 5.98. The van der Waals surface area contributed by atoms with Crippen molar-refractivity contribution in [2.75, 3.05) is 0 Å². The van der Waals surface area contributed by atoms with Crippen molar-refractivity contribution < 1.29 is 3.08 Å². The molecule has 72 valence electrons. The smallest absolute Gasteiger partial charge is 0.00135 e. The van der Waals surface area contributed by atoms with Crippen LogP contribution in [-0.2, 0) is 9.50 Å². The fourth-order valence-electron chi connectivity index (χ4n) is 2.08. The molecule has 0 atom stereocenters. The van der Waals surface area contributed by atoms with Crippen LogP contribution in [0.4, 0.5) is 0 Å². The minimum atomic E-state index is 0.300. The van der Waals surface area contributed by atoms with Crippen LogP contribution < -0.4 is 0 Å². The summed E-state index contributed by atoms with van der Waals surface area (Å²) in [6.07, 6.45) is 1.10. The van der Waals surface area contributed by atoms with Gasteiger partial charge in [-0.3, -0.25) is 0 Å². The zero-order chi connectivity index (χ0) is 10.7. The first kappa shape index (κ1) is 10.6. The molecule has 0 heterocycles. The topological polar surface area (TPSA) is 17.1 Å². The Morgan fingerprint density at radius 1 is 0.733 bits per heavy atom. The molecule has 0 aromatic heterocycles. The minimum Gasteiger partial charge on any atom is -0.0619 e. The normalized spacial score (nSPS) is 10.9. The number of fused-ring (bicyclic) bond motifs is 3. The molecule has 0 aliphatic heterocycles. The van der Waals surface area contributed by atoms with Gasteiger partial charge in [0.15, 0.2) is 0 Å². The van der Waals surface area contributed by atoms with E-state index in [1.165, 1.54) is 22.3 Å². The largest absolute Gasteiger partial charge is 0.0619 e. The second kappa shape index (κ2) is 4.71. The monoisotopic (exact) mass is 302 g/mol. The van der Waals surface area contributed by atoms with E-state index in [-0.39, 0.29) is 0 Å². The molecule has 15 heavy (non-hydrogen) atoms. The third kappa shape index (κ3) is 1.88. The molecule has 0 spiro atoms. The summed E-state index contributed by atoms with van der Waals surface area (Å²) >= 11 is 0.300. The Kier molecular flexibility index (Phi) is 3.31. The van der Waals surface area contributed by atoms with Crippen molar-refractivity contribution >= 4 is 22.5 Å². The molecular weight excluding hydrogens is 291 g/mol. The SMILES string of the molecule is [O]=[Sn].c1ccc2c(c1)Cc1ccccc1-2. The van der Waals surface area contributed by atoms with Gasteiger partial charge in [0.05, 0.1) is 0 Å². The summed E-state index contributed by atoms with van der Waals surface area (Å²) in [4.78, 5) is 0. The summed E-state index contributed by atoms with van der Waals surface area (Å²) in [5.41, 5.74) is 5.75. The minimum absolute atomic E-state index is 0.300. The van der Waals surface area contributed by atoms with Gasteiger partial charge in [0.1, 0.15) is 0 Å². The second-order valence-corrected chi connectivity index (χ2v) is 3.49. The quantitative estimate of drug-likeness (QED) is 0.584. The van der Waals surface area contributed by atoms with Crippen molar-refractivity contribution in [3.63, 3.8) is 0 Å². The molecule has 0 unspecified atom stereocenters. The Balaban J connectivity index is 0.000000404. The molecule has 3 rings (SSSR count). The predicted octanol–water partition coefficient (Wildman–Crippen LogP) is 2.76. The van der Waals surface area contributed by atoms with E-state index < -0.39 is 0 Å². The van der Waals surface area contributed by atoms with Crippen molar-refractivity contribution in [1.29, 1.82) is 0 Å². The molecule has 2 radical (unpaired) electrons. The number of benzene rings is 2. The summed E-state index contributed by atoms with van der Waals surface area (Å²) in [5.74, 6) is 0. The maximum atomic E-state index is 8.34. The molecule has 1 nitrogen and oxygen atoms in total. The molecule has 1 aliphatic carbocycles. The maximum Gasteiger partial charge on any atom is -0.00135 e. The molecule has 0 saturated carbocycles. The first-order chi connectivity index (χ1) is 7.45. The maximum absolute atomic E-state index is 8.34. The summed E-state index contributed by atoms with van der Waals surface area (Å²) in [5, 5.41) is 0. The Morgan fingerprint density at radius 2 is 1.13 bits per heavy atom. The predicted molar refractivity (Wildman–Crippen MR) is 61.1 cm³/mol. The molecular formula is C13H10OSn. The van der Waals surface area contributed by atoms with Gasteiger partial charge in [-0.15, -0.1) is 0 Å². The third-order valence-corrected chi connectivity index (χ3v) is 2.71. The molecule has 0 amide bonds. The second-order valence-electron chi connectivity index (χ2n) is 3.49. The van der Waals surface area contributed by atoms with Crippen LogP contribution in [0.25, 0.3) is 11.1 Å². The average molecular weight is 301 g/mol. The van der Waals surface area contributed by atoms with Gasteiger partial charge in [0.25, 0.3) is 0 Å². The van der Waals surface area contributed by atoms with Gasteiger partial charge in [-0.25, -0.2) is 0 Å². The van der Waals surface area contributed by atoms with E-state index in [1.807, 2.05) is 0 Å². The van der Waals surface area contributed by atoms with E-state index in [4.69, 9.17) is 3.08 Å². The van der Waals surface area contributed by atoms with Gasteiger partial charge in [0.2, 0.25) is 0 Å². The zero-order valence-corrected chi connectivity index (χ0v) is 11.1. The van der Waals surface area contributed by atoms with Crippen LogP contribution in [0.15, 0.2) is 48.5 Å². The molecule has 2 aromatic rings. The van der Waals surface area contributed by atoms with Crippen LogP contribution >= 0.6 is 0 Å². The summed E-state index contributed by atoms with van der Waals surface area (Å²) in [7, 11) is 0. The van der Waals surface area contributed by atoms with Crippen LogP contribution in [0, 0.1) is 0 Å². The van der Waals surface area contributed by atoms with E-state index in [2.05, 4.69) is 48.5 Å². The van der Waals surface area contributed by atoms with Gasteiger partial charge in [-0.1, -0.05) is 48.5 Å². The molecule has 2 aromatic carbocycles. The van der Waals surface area contributed by atoms with Gasteiger partial charge in [-0.05, 0) is 28.7 Å². The average Bonchev–Trinajstić information content (AvgIpc) is 2.70. The zero-order valence-electron chi connectivity index (χ0n) is 8.23. The standard InChI is InChI=1S/C13H10.O.Sn/c1-3-7-12-10(5-1)9-11-6-2-4-8-13(11)12;;/h1-8H,9H2;;. The summed E-state index contributed by atoms with van der Waals surface area (Å²) < 4.78 is 8.34. The fourth-order valence-corrected chi connectivity index (χ4v) is 2.08. The van der Waals surface area contributed by atoms with E-state index in [1.54, 1.807) is 0 Å². The van der Waals surface area contributed by atoms with Crippen molar-refractivity contribution in [1.82, 2.24) is 0 Å². The summed E-state index contributed by atoms with van der Waals surface area (Å²) in [6.45, 7) is 0. The van der Waals surface area contributed by atoms with Gasteiger partial charge >= 0.3 is 25.6 Å². The van der Waals surface area contributed by atoms with Gasteiger partial charge in [-0.2, -0.15) is 0 Å². The van der Waals surface area contributed by atoms with E-state index >= 15 is 0 Å². The van der Waals surface area contributed by atoms with Crippen molar-refractivity contribution in [3.05, 3.63) is 59.7 Å². The summed E-state index contributed by atoms with van der Waals surface area (Å²) in [6, 6.07) is 17.3. The van der Waals surface area contributed by atoms with Crippen molar-refractivity contribution in [2.45, 2.75) is 6.42 Å². The molecule has 0 saturated heterocycles. The Morgan fingerprint density at radius 3 is 1.60 bits per heavy atom. The Bertz CT molecular complexity index is 436. The van der Waals surface area contributed by atoms with E-state index in [0.717, 1.165) is 6.42 Å². The van der Waals surface area contributed by atoms with Gasteiger partial charge < -0.3 is 0 Å². The third-order valence-electron chi connectivity index (χ3n) is 2.71. The Labute approximate surface area is 103 Å². The first-order valence-electron chi connectivity index (χ1n) is 4.82. The number of hydrogen-bond acceptors (Lipinski definition) is 1. The van der Waals surface area contributed by atoms with Crippen LogP contribution in [-0.4, -0.2) is 22.5 Å². The molecule has 0 bridgehead atoms. The molecule has 1 aliphatic rings. The van der Waals surface area contributed by atoms with Crippen LogP contribution in [0.3, 0.4) is 0 Å². The van der Waals surface area contributed by atoms with Crippen LogP contribution in [0.1, 0.15) is 11.1 Å². The van der Waals surface area contributed by atoms with Crippen LogP contribution in [0.2, 0.25) is 0 Å². The van der Waals surface area contributed by atoms with Crippen LogP contribution in [0.5, 0.6) is 0 Å². The Hall–Kier alpha value is -0.961. The van der Waals surface area contributed by atoms with E-state index in [0.29, 0.717) is 22.5 Å². The molecule has 0 fully saturated rings. The number of rotatable bonds is 0. The fraction of sp³-hybridized carbons (Fsp3) is 0.0769. The molecule has 0 N–H and O–H groups in total. The van der Waals surface area contributed by atoms with Crippen molar-refractivity contribution in [2.24, 2.45) is 0 Å².